The molecule has 0 saturated heterocycles. The highest BCUT2D eigenvalue weighted by atomic mass is 35.5. The Balaban J connectivity index is 1.98. The molecule has 0 spiro atoms. The molecule has 1 heterocycles. The van der Waals surface area contributed by atoms with Gasteiger partial charge in [0.25, 0.3) is 0 Å². The highest BCUT2D eigenvalue weighted by molar-refractivity contribution is 6.32. The number of hydrogen-bond donors (Lipinski definition) is 1. The van der Waals surface area contributed by atoms with Gasteiger partial charge in [0, 0.05) is 61.6 Å². The third kappa shape index (κ3) is 4.95. The number of ether oxygens (including phenoxy) is 2. The van der Waals surface area contributed by atoms with Gasteiger partial charge in [-0.3, -0.25) is 9.59 Å². The van der Waals surface area contributed by atoms with Crippen molar-refractivity contribution >= 4 is 23.2 Å². The average molecular weight is 516 g/mol. The summed E-state index contributed by atoms with van der Waals surface area (Å²) in [5.41, 5.74) is 3.71. The van der Waals surface area contributed by atoms with Gasteiger partial charge in [-0.05, 0) is 54.7 Å². The number of phenolic OH excluding ortho intramolecular Hbond substituents is 1. The monoisotopic (exact) mass is 515 g/mol. The Bertz CT molecular complexity index is 1090. The molecule has 1 N–H and O–H groups in total. The molecule has 4 rings (SSSR count). The van der Waals surface area contributed by atoms with Crippen LogP contribution in [0.25, 0.3) is 0 Å². The fraction of sp³-hybridized carbons (Fsp3) is 0.586. The van der Waals surface area contributed by atoms with E-state index in [1.54, 1.807) is 19.2 Å². The molecule has 0 fully saturated rings. The number of Topliss-reactive ketones (excluding diaryl/α,β-unsaturated/α-hetero) is 2. The minimum absolute atomic E-state index is 0.0642. The largest absolute Gasteiger partial charge is 0.503 e. The van der Waals surface area contributed by atoms with E-state index in [-0.39, 0.29) is 38.9 Å². The van der Waals surface area contributed by atoms with Crippen LogP contribution in [-0.2, 0) is 14.3 Å². The van der Waals surface area contributed by atoms with Crippen molar-refractivity contribution < 1.29 is 24.2 Å². The van der Waals surface area contributed by atoms with Crippen LogP contribution in [0.3, 0.4) is 0 Å². The molecule has 2 aliphatic carbocycles. The number of halogens is 1. The maximum absolute atomic E-state index is 13.8. The van der Waals surface area contributed by atoms with E-state index in [4.69, 9.17) is 21.1 Å². The third-order valence-corrected chi connectivity index (χ3v) is 7.72. The summed E-state index contributed by atoms with van der Waals surface area (Å²) in [6.07, 6.45) is 3.11. The first-order chi connectivity index (χ1) is 16.9. The van der Waals surface area contributed by atoms with Crippen molar-refractivity contribution in [2.75, 3.05) is 26.9 Å². The first-order valence-corrected chi connectivity index (χ1v) is 13.2. The van der Waals surface area contributed by atoms with Crippen LogP contribution >= 0.6 is 11.6 Å². The van der Waals surface area contributed by atoms with E-state index >= 15 is 0 Å². The van der Waals surface area contributed by atoms with Crippen LogP contribution in [0.15, 0.2) is 34.7 Å². The van der Waals surface area contributed by atoms with E-state index < -0.39 is 5.92 Å². The van der Waals surface area contributed by atoms with E-state index in [1.807, 2.05) is 6.92 Å². The predicted molar refractivity (Wildman–Crippen MR) is 140 cm³/mol. The summed E-state index contributed by atoms with van der Waals surface area (Å²) in [6.45, 7) is 12.0. The van der Waals surface area contributed by atoms with Crippen LogP contribution < -0.4 is 4.74 Å². The molecule has 0 aromatic heterocycles. The van der Waals surface area contributed by atoms with E-state index in [9.17, 15) is 14.7 Å². The van der Waals surface area contributed by atoms with E-state index in [0.717, 1.165) is 30.7 Å². The molecular weight excluding hydrogens is 478 g/mol. The number of ketones is 2. The second-order valence-electron chi connectivity index (χ2n) is 11.8. The van der Waals surface area contributed by atoms with Crippen molar-refractivity contribution in [1.82, 2.24) is 4.90 Å². The van der Waals surface area contributed by atoms with Crippen molar-refractivity contribution in [1.29, 1.82) is 0 Å². The van der Waals surface area contributed by atoms with Gasteiger partial charge in [-0.25, -0.2) is 0 Å². The van der Waals surface area contributed by atoms with Crippen LogP contribution in [0.4, 0.5) is 0 Å². The van der Waals surface area contributed by atoms with Crippen LogP contribution in [-0.4, -0.2) is 48.4 Å². The highest BCUT2D eigenvalue weighted by Crippen LogP contribution is 2.55. The summed E-state index contributed by atoms with van der Waals surface area (Å²) in [7, 11) is 1.69. The molecular formula is C29H38ClNO5. The van der Waals surface area contributed by atoms with Gasteiger partial charge in [0.15, 0.2) is 23.1 Å². The molecule has 0 atom stereocenters. The fourth-order valence-electron chi connectivity index (χ4n) is 6.04. The van der Waals surface area contributed by atoms with Gasteiger partial charge in [-0.15, -0.1) is 0 Å². The molecule has 0 amide bonds. The summed E-state index contributed by atoms with van der Waals surface area (Å²) in [4.78, 5) is 29.9. The summed E-state index contributed by atoms with van der Waals surface area (Å²) in [6, 6.07) is 3.42. The number of benzene rings is 1. The molecule has 0 unspecified atom stereocenters. The van der Waals surface area contributed by atoms with E-state index in [1.165, 1.54) is 0 Å². The minimum Gasteiger partial charge on any atom is -0.503 e. The lowest BCUT2D eigenvalue weighted by Gasteiger charge is -2.49. The molecule has 0 bridgehead atoms. The zero-order chi connectivity index (χ0) is 26.4. The van der Waals surface area contributed by atoms with Gasteiger partial charge < -0.3 is 19.5 Å². The van der Waals surface area contributed by atoms with Crippen molar-refractivity contribution in [2.24, 2.45) is 10.8 Å². The summed E-state index contributed by atoms with van der Waals surface area (Å²) in [5, 5.41) is 10.6. The standard InChI is InChI=1S/C29H38ClNO5/c1-7-36-23-12-17(11-18(30)27(23)34)24-25-19(13-28(2,3)15-21(25)32)31(9-8-10-35-6)20-14-29(4,5)16-22(33)26(20)24/h11-12,24,34H,7-10,13-16H2,1-6H3. The highest BCUT2D eigenvalue weighted by Gasteiger charge is 2.49. The molecule has 196 valence electrons. The Morgan fingerprint density at radius 2 is 1.56 bits per heavy atom. The number of hydrogen-bond acceptors (Lipinski definition) is 6. The number of aromatic hydroxyl groups is 1. The van der Waals surface area contributed by atoms with Gasteiger partial charge in [0.1, 0.15) is 0 Å². The second-order valence-corrected chi connectivity index (χ2v) is 12.2. The number of rotatable bonds is 7. The van der Waals surface area contributed by atoms with E-state index in [2.05, 4.69) is 32.6 Å². The topological polar surface area (TPSA) is 76.1 Å². The van der Waals surface area contributed by atoms with Crippen molar-refractivity contribution in [2.45, 2.75) is 72.6 Å². The van der Waals surface area contributed by atoms with Crippen LogP contribution in [0, 0.1) is 10.8 Å². The van der Waals surface area contributed by atoms with E-state index in [0.29, 0.717) is 49.3 Å². The maximum atomic E-state index is 13.8. The van der Waals surface area contributed by atoms with Gasteiger partial charge in [-0.1, -0.05) is 39.3 Å². The Labute approximate surface area is 219 Å². The smallest absolute Gasteiger partial charge is 0.176 e. The van der Waals surface area contributed by atoms with Crippen LogP contribution in [0.2, 0.25) is 5.02 Å². The lowest BCUT2D eigenvalue weighted by molar-refractivity contribution is -0.119. The SMILES string of the molecule is CCOc1cc(C2C3=C(CC(C)(C)CC3=O)N(CCCOC)C3=C2C(=O)CC(C)(C)C3)cc(Cl)c1O. The van der Waals surface area contributed by atoms with Crippen molar-refractivity contribution in [3.05, 3.63) is 45.3 Å². The Morgan fingerprint density at radius 3 is 2.06 bits per heavy atom. The lowest BCUT2D eigenvalue weighted by Crippen LogP contribution is -2.44. The zero-order valence-corrected chi connectivity index (χ0v) is 23.1. The van der Waals surface area contributed by atoms with Gasteiger partial charge in [0.05, 0.1) is 11.6 Å². The zero-order valence-electron chi connectivity index (χ0n) is 22.3. The van der Waals surface area contributed by atoms with Gasteiger partial charge in [-0.2, -0.15) is 0 Å². The number of allylic oxidation sites excluding steroid dienone is 4. The van der Waals surface area contributed by atoms with Crippen LogP contribution in [0.1, 0.15) is 78.2 Å². The Kier molecular flexibility index (Phi) is 7.33. The number of phenols is 1. The molecule has 0 saturated carbocycles. The first kappa shape index (κ1) is 26.7. The molecule has 3 aliphatic rings. The van der Waals surface area contributed by atoms with Crippen molar-refractivity contribution in [3.63, 3.8) is 0 Å². The number of nitrogens with zero attached hydrogens (tertiary/aromatic N) is 1. The van der Waals surface area contributed by atoms with Gasteiger partial charge in [0.2, 0.25) is 0 Å². The van der Waals surface area contributed by atoms with Gasteiger partial charge >= 0.3 is 0 Å². The summed E-state index contributed by atoms with van der Waals surface area (Å²) >= 11 is 6.44. The summed E-state index contributed by atoms with van der Waals surface area (Å²) in [5.74, 6) is -0.268. The Morgan fingerprint density at radius 1 is 1.00 bits per heavy atom. The summed E-state index contributed by atoms with van der Waals surface area (Å²) < 4.78 is 11.0. The predicted octanol–water partition coefficient (Wildman–Crippen LogP) is 6.17. The second kappa shape index (κ2) is 9.86. The normalized spacial score (nSPS) is 21.6. The van der Waals surface area contributed by atoms with Crippen LogP contribution in [0.5, 0.6) is 11.5 Å². The maximum Gasteiger partial charge on any atom is 0.176 e. The first-order valence-electron chi connectivity index (χ1n) is 12.8. The Hall–Kier alpha value is -2.31. The molecule has 1 aromatic carbocycles. The molecule has 1 aliphatic heterocycles. The van der Waals surface area contributed by atoms with Crippen molar-refractivity contribution in [3.8, 4) is 11.5 Å². The molecule has 6 nitrogen and oxygen atoms in total. The molecule has 0 radical (unpaired) electrons. The number of carbonyl (C=O) groups excluding carboxylic acids is 2. The molecule has 7 heteroatoms. The minimum atomic E-state index is -0.529. The number of carbonyl (C=O) groups is 2. The fourth-order valence-corrected chi connectivity index (χ4v) is 6.26. The number of methoxy groups -OCH3 is 1. The lowest BCUT2D eigenvalue weighted by atomic mass is 9.63. The molecule has 1 aromatic rings. The quantitative estimate of drug-likeness (QED) is 0.438. The average Bonchev–Trinajstić information content (AvgIpc) is 2.75. The third-order valence-electron chi connectivity index (χ3n) is 7.44. The molecule has 36 heavy (non-hydrogen) atoms.